The van der Waals surface area contributed by atoms with Gasteiger partial charge in [0.25, 0.3) is 0 Å². The standard InChI is InChI=1S/C18H25NO3Si/c1-18(2,3)23(4,5)22-14-16-13-21-17(20)19(16)12-11-15-9-7-6-8-10-15/h6-10,16H,13-14H2,1-5H3/t16-/m1/s1. The van der Waals surface area contributed by atoms with E-state index in [0.717, 1.165) is 5.56 Å². The lowest BCUT2D eigenvalue weighted by Gasteiger charge is -2.37. The van der Waals surface area contributed by atoms with Crippen molar-refractivity contribution in [1.29, 1.82) is 0 Å². The maximum absolute atomic E-state index is 11.9. The van der Waals surface area contributed by atoms with Gasteiger partial charge in [0.1, 0.15) is 12.6 Å². The molecule has 4 nitrogen and oxygen atoms in total. The van der Waals surface area contributed by atoms with Crippen LogP contribution in [0.25, 0.3) is 0 Å². The van der Waals surface area contributed by atoms with Gasteiger partial charge in [0.2, 0.25) is 0 Å². The molecule has 1 heterocycles. The number of ether oxygens (including phenoxy) is 1. The molecular weight excluding hydrogens is 306 g/mol. The summed E-state index contributed by atoms with van der Waals surface area (Å²) in [6.45, 7) is 11.8. The predicted octanol–water partition coefficient (Wildman–Crippen LogP) is 3.84. The number of hydrogen-bond donors (Lipinski definition) is 0. The normalized spacial score (nSPS) is 18.4. The zero-order valence-corrected chi connectivity index (χ0v) is 15.6. The number of rotatable bonds is 3. The van der Waals surface area contributed by atoms with Crippen LogP contribution in [0.3, 0.4) is 0 Å². The summed E-state index contributed by atoms with van der Waals surface area (Å²) in [6, 6.07) is 12.4. The Hall–Kier alpha value is -1.77. The monoisotopic (exact) mass is 331 g/mol. The first-order valence-corrected chi connectivity index (χ1v) is 10.8. The second-order valence-electron chi connectivity index (χ2n) is 7.27. The van der Waals surface area contributed by atoms with E-state index in [-0.39, 0.29) is 11.1 Å². The molecule has 0 saturated carbocycles. The third-order valence-corrected chi connectivity index (χ3v) is 9.00. The van der Waals surface area contributed by atoms with Gasteiger partial charge in [-0.1, -0.05) is 39.0 Å². The van der Waals surface area contributed by atoms with Gasteiger partial charge in [0.05, 0.1) is 6.61 Å². The zero-order valence-electron chi connectivity index (χ0n) is 14.6. The second-order valence-corrected chi connectivity index (χ2v) is 12.1. The summed E-state index contributed by atoms with van der Waals surface area (Å²) in [4.78, 5) is 13.3. The summed E-state index contributed by atoms with van der Waals surface area (Å²) in [5.74, 6) is 3.01. The van der Waals surface area contributed by atoms with Crippen LogP contribution in [0.4, 0.5) is 4.79 Å². The largest absolute Gasteiger partial charge is 0.446 e. The Balaban J connectivity index is 2.05. The lowest BCUT2D eigenvalue weighted by Crippen LogP contribution is -2.45. The quantitative estimate of drug-likeness (QED) is 0.624. The lowest BCUT2D eigenvalue weighted by atomic mass is 10.2. The van der Waals surface area contributed by atoms with Crippen molar-refractivity contribution >= 4 is 14.4 Å². The third-order valence-electron chi connectivity index (χ3n) is 4.50. The highest BCUT2D eigenvalue weighted by Gasteiger charge is 2.40. The molecule has 1 aromatic rings. The summed E-state index contributed by atoms with van der Waals surface area (Å²) in [5.41, 5.74) is 0.872. The number of hydrogen-bond acceptors (Lipinski definition) is 3. The molecule has 0 N–H and O–H groups in total. The molecule has 0 unspecified atom stereocenters. The first kappa shape index (κ1) is 17.6. The third kappa shape index (κ3) is 4.37. The van der Waals surface area contributed by atoms with E-state index >= 15 is 0 Å². The molecular formula is C18H25NO3Si. The highest BCUT2D eigenvalue weighted by atomic mass is 28.4. The van der Waals surface area contributed by atoms with Gasteiger partial charge in [-0.2, -0.15) is 0 Å². The molecule has 0 bridgehead atoms. The van der Waals surface area contributed by atoms with E-state index < -0.39 is 14.4 Å². The van der Waals surface area contributed by atoms with E-state index in [4.69, 9.17) is 9.16 Å². The fraction of sp³-hybridized carbons (Fsp3) is 0.500. The number of carbonyl (C=O) groups excluding carboxylic acids is 1. The van der Waals surface area contributed by atoms with Crippen LogP contribution in [-0.2, 0) is 9.16 Å². The SMILES string of the molecule is CC(C)(C)[Si](C)(C)OC[C@H]1COC(=O)N1C#Cc1ccccc1. The van der Waals surface area contributed by atoms with Crippen molar-refractivity contribution in [2.45, 2.75) is 44.9 Å². The number of benzene rings is 1. The van der Waals surface area contributed by atoms with E-state index in [1.54, 1.807) is 0 Å². The van der Waals surface area contributed by atoms with E-state index in [1.165, 1.54) is 4.90 Å². The van der Waals surface area contributed by atoms with Crippen molar-refractivity contribution in [2.75, 3.05) is 13.2 Å². The Bertz CT molecular complexity index is 611. The van der Waals surface area contributed by atoms with Crippen molar-refractivity contribution in [2.24, 2.45) is 0 Å². The Morgan fingerprint density at radius 3 is 2.57 bits per heavy atom. The summed E-state index contributed by atoms with van der Waals surface area (Å²) >= 11 is 0. The van der Waals surface area contributed by atoms with Gasteiger partial charge in [0, 0.05) is 11.6 Å². The molecule has 1 amide bonds. The summed E-state index contributed by atoms with van der Waals surface area (Å²) in [6.07, 6.45) is -0.391. The van der Waals surface area contributed by atoms with Crippen LogP contribution in [-0.4, -0.2) is 38.6 Å². The van der Waals surface area contributed by atoms with E-state index in [9.17, 15) is 4.79 Å². The molecule has 1 aliphatic rings. The molecule has 0 aromatic heterocycles. The first-order valence-electron chi connectivity index (χ1n) is 7.87. The van der Waals surface area contributed by atoms with Gasteiger partial charge in [-0.3, -0.25) is 0 Å². The van der Waals surface area contributed by atoms with Crippen LogP contribution >= 0.6 is 0 Å². The highest BCUT2D eigenvalue weighted by Crippen LogP contribution is 2.36. The van der Waals surface area contributed by atoms with Gasteiger partial charge in [-0.25, -0.2) is 9.69 Å². The summed E-state index contributed by atoms with van der Waals surface area (Å²) in [5, 5.41) is 0.136. The Morgan fingerprint density at radius 2 is 1.96 bits per heavy atom. The summed E-state index contributed by atoms with van der Waals surface area (Å²) < 4.78 is 11.3. The van der Waals surface area contributed by atoms with Gasteiger partial charge in [0.15, 0.2) is 8.32 Å². The minimum absolute atomic E-state index is 0.136. The molecule has 0 radical (unpaired) electrons. The molecule has 1 aliphatic heterocycles. The topological polar surface area (TPSA) is 38.8 Å². The average Bonchev–Trinajstić information content (AvgIpc) is 2.83. The van der Waals surface area contributed by atoms with Crippen molar-refractivity contribution in [3.05, 3.63) is 35.9 Å². The fourth-order valence-corrected chi connectivity index (χ4v) is 2.93. The minimum atomic E-state index is -1.85. The molecule has 0 aliphatic carbocycles. The number of cyclic esters (lactones) is 1. The lowest BCUT2D eigenvalue weighted by molar-refractivity contribution is 0.167. The van der Waals surface area contributed by atoms with Gasteiger partial charge in [-0.15, -0.1) is 0 Å². The van der Waals surface area contributed by atoms with E-state index in [1.807, 2.05) is 30.3 Å². The van der Waals surface area contributed by atoms with Crippen LogP contribution < -0.4 is 0 Å². The first-order chi connectivity index (χ1) is 10.7. The number of amides is 1. The van der Waals surface area contributed by atoms with Gasteiger partial charge < -0.3 is 9.16 Å². The highest BCUT2D eigenvalue weighted by molar-refractivity contribution is 6.74. The minimum Gasteiger partial charge on any atom is -0.446 e. The number of nitrogens with zero attached hydrogens (tertiary/aromatic N) is 1. The van der Waals surface area contributed by atoms with Crippen LogP contribution in [0.15, 0.2) is 30.3 Å². The van der Waals surface area contributed by atoms with Gasteiger partial charge >= 0.3 is 6.09 Å². The molecule has 124 valence electrons. The number of carbonyl (C=O) groups is 1. The predicted molar refractivity (Wildman–Crippen MR) is 93.4 cm³/mol. The van der Waals surface area contributed by atoms with Crippen LogP contribution in [0, 0.1) is 12.0 Å². The molecule has 1 aromatic carbocycles. The maximum Gasteiger partial charge on any atom is 0.422 e. The smallest absolute Gasteiger partial charge is 0.422 e. The zero-order chi connectivity index (χ0) is 17.1. The molecule has 1 atom stereocenters. The molecule has 1 saturated heterocycles. The molecule has 1 fully saturated rings. The van der Waals surface area contributed by atoms with Crippen LogP contribution in [0.2, 0.25) is 18.1 Å². The molecule has 0 spiro atoms. The Labute approximate surface area is 139 Å². The molecule has 2 rings (SSSR count). The summed E-state index contributed by atoms with van der Waals surface area (Å²) in [7, 11) is -1.85. The molecule has 23 heavy (non-hydrogen) atoms. The van der Waals surface area contributed by atoms with Crippen molar-refractivity contribution in [3.63, 3.8) is 0 Å². The Kier molecular flexibility index (Phi) is 5.18. The van der Waals surface area contributed by atoms with E-state index in [0.29, 0.717) is 13.2 Å². The molecule has 5 heteroatoms. The fourth-order valence-electron chi connectivity index (χ4n) is 1.89. The van der Waals surface area contributed by atoms with Crippen LogP contribution in [0.5, 0.6) is 0 Å². The maximum atomic E-state index is 11.9. The van der Waals surface area contributed by atoms with Crippen molar-refractivity contribution < 1.29 is 14.0 Å². The van der Waals surface area contributed by atoms with E-state index in [2.05, 4.69) is 45.8 Å². The average molecular weight is 331 g/mol. The second kappa shape index (κ2) is 6.77. The van der Waals surface area contributed by atoms with Crippen molar-refractivity contribution in [1.82, 2.24) is 4.90 Å². The van der Waals surface area contributed by atoms with Crippen LogP contribution in [0.1, 0.15) is 26.3 Å². The van der Waals surface area contributed by atoms with Crippen molar-refractivity contribution in [3.8, 4) is 12.0 Å². The Morgan fingerprint density at radius 1 is 1.30 bits per heavy atom. The van der Waals surface area contributed by atoms with Gasteiger partial charge in [-0.05, 0) is 36.2 Å².